The zero-order valence-electron chi connectivity index (χ0n) is 17.0. The molecule has 0 aromatic heterocycles. The van der Waals surface area contributed by atoms with Crippen LogP contribution in [-0.4, -0.2) is 88.2 Å². The van der Waals surface area contributed by atoms with E-state index in [2.05, 4.69) is 15.2 Å². The lowest BCUT2D eigenvalue weighted by Gasteiger charge is -2.38. The number of nitrogens with one attached hydrogen (secondary N) is 1. The van der Waals surface area contributed by atoms with E-state index in [1.807, 2.05) is 4.90 Å². The highest BCUT2D eigenvalue weighted by molar-refractivity contribution is 5.85. The molecule has 2 aliphatic heterocycles. The van der Waals surface area contributed by atoms with E-state index < -0.39 is 11.6 Å². The van der Waals surface area contributed by atoms with E-state index in [9.17, 15) is 13.6 Å². The number of hydrogen-bond acceptors (Lipinski definition) is 4. The first kappa shape index (κ1) is 21.3. The number of hydrogen-bond donors (Lipinski definition) is 1. The van der Waals surface area contributed by atoms with Gasteiger partial charge in [-0.1, -0.05) is 0 Å². The number of anilines is 1. The minimum absolute atomic E-state index is 0.0647. The largest absolute Gasteiger partial charge is 0.381 e. The van der Waals surface area contributed by atoms with Crippen molar-refractivity contribution in [2.45, 2.75) is 6.42 Å². The number of carbonyl (C=O) groups is 1. The van der Waals surface area contributed by atoms with Gasteiger partial charge in [0.05, 0.1) is 12.3 Å². The highest BCUT2D eigenvalue weighted by Crippen LogP contribution is 2.22. The van der Waals surface area contributed by atoms with Crippen LogP contribution in [0.4, 0.5) is 14.5 Å². The summed E-state index contributed by atoms with van der Waals surface area (Å²) < 4.78 is 33.0. The second kappa shape index (κ2) is 9.87. The van der Waals surface area contributed by atoms with Crippen molar-refractivity contribution in [3.05, 3.63) is 29.8 Å². The van der Waals surface area contributed by atoms with E-state index in [0.717, 1.165) is 38.3 Å². The molecule has 1 aromatic carbocycles. The number of benzene rings is 1. The third-order valence-electron chi connectivity index (χ3n) is 5.26. The number of likely N-dealkylation sites (N-methyl/N-ethyl adjacent to an activating group) is 1. The summed E-state index contributed by atoms with van der Waals surface area (Å²) in [6.45, 7) is 4.56. The van der Waals surface area contributed by atoms with Crippen LogP contribution in [0.15, 0.2) is 23.2 Å². The van der Waals surface area contributed by atoms with Gasteiger partial charge in [0.1, 0.15) is 18.2 Å². The predicted octanol–water partition coefficient (Wildman–Crippen LogP) is 1.16. The molecule has 3 rings (SSSR count). The highest BCUT2D eigenvalue weighted by Gasteiger charge is 2.24. The Morgan fingerprint density at radius 1 is 1.28 bits per heavy atom. The van der Waals surface area contributed by atoms with Crippen molar-refractivity contribution < 1.29 is 18.3 Å². The van der Waals surface area contributed by atoms with Crippen molar-refractivity contribution in [2.24, 2.45) is 10.9 Å². The van der Waals surface area contributed by atoms with E-state index in [1.54, 1.807) is 14.1 Å². The Hall–Kier alpha value is -2.42. The van der Waals surface area contributed by atoms with E-state index in [1.165, 1.54) is 11.0 Å². The molecule has 1 atom stereocenters. The average Bonchev–Trinajstić information content (AvgIpc) is 3.23. The lowest BCUT2D eigenvalue weighted by molar-refractivity contribution is -0.127. The number of piperazine rings is 1. The minimum Gasteiger partial charge on any atom is -0.381 e. The van der Waals surface area contributed by atoms with Crippen LogP contribution in [0.1, 0.15) is 6.42 Å². The van der Waals surface area contributed by atoms with Gasteiger partial charge in [0.15, 0.2) is 5.96 Å². The second-order valence-corrected chi connectivity index (χ2v) is 7.61. The standard InChI is InChI=1S/C20H29F2N5O2/c1-25(2)19(28)13-24-20(23-12-15-5-10-29-14-15)27-8-6-26(7-9-27)18-11-16(21)3-4-17(18)22/h3-4,11,15H,5-10,12-14H2,1-2H3,(H,23,24). The van der Waals surface area contributed by atoms with Crippen LogP contribution in [-0.2, 0) is 9.53 Å². The molecule has 0 radical (unpaired) electrons. The molecule has 2 heterocycles. The van der Waals surface area contributed by atoms with Crippen LogP contribution in [0.2, 0.25) is 0 Å². The van der Waals surface area contributed by atoms with Crippen molar-refractivity contribution in [1.82, 2.24) is 15.1 Å². The van der Waals surface area contributed by atoms with E-state index in [4.69, 9.17) is 4.74 Å². The fourth-order valence-corrected chi connectivity index (χ4v) is 3.42. The van der Waals surface area contributed by atoms with Crippen LogP contribution in [0.3, 0.4) is 0 Å². The number of amides is 1. The summed E-state index contributed by atoms with van der Waals surface area (Å²) in [5.74, 6) is 0.145. The van der Waals surface area contributed by atoms with Crippen molar-refractivity contribution >= 4 is 17.6 Å². The van der Waals surface area contributed by atoms with Crippen LogP contribution < -0.4 is 10.2 Å². The van der Waals surface area contributed by atoms with E-state index in [0.29, 0.717) is 38.1 Å². The third kappa shape index (κ3) is 5.79. The monoisotopic (exact) mass is 409 g/mol. The molecule has 1 aromatic rings. The molecule has 2 fully saturated rings. The molecular formula is C20H29F2N5O2. The van der Waals surface area contributed by atoms with Gasteiger partial charge < -0.3 is 24.8 Å². The zero-order chi connectivity index (χ0) is 20.8. The zero-order valence-corrected chi connectivity index (χ0v) is 17.0. The molecule has 1 amide bonds. The predicted molar refractivity (Wildman–Crippen MR) is 108 cm³/mol. The summed E-state index contributed by atoms with van der Waals surface area (Å²) in [6.07, 6.45) is 1.00. The maximum absolute atomic E-state index is 14.1. The lowest BCUT2D eigenvalue weighted by atomic mass is 10.1. The molecule has 0 bridgehead atoms. The van der Waals surface area contributed by atoms with Gasteiger partial charge in [0, 0.05) is 65.4 Å². The summed E-state index contributed by atoms with van der Waals surface area (Å²) >= 11 is 0. The number of halogens is 2. The van der Waals surface area contributed by atoms with Crippen molar-refractivity contribution in [1.29, 1.82) is 0 Å². The first-order valence-electron chi connectivity index (χ1n) is 9.95. The minimum atomic E-state index is -0.450. The van der Waals surface area contributed by atoms with Gasteiger partial charge in [-0.3, -0.25) is 4.79 Å². The van der Waals surface area contributed by atoms with Gasteiger partial charge in [-0.2, -0.15) is 0 Å². The molecule has 9 heteroatoms. The highest BCUT2D eigenvalue weighted by atomic mass is 19.1. The number of ether oxygens (including phenoxy) is 1. The molecular weight excluding hydrogens is 380 g/mol. The van der Waals surface area contributed by atoms with Crippen LogP contribution in [0.5, 0.6) is 0 Å². The van der Waals surface area contributed by atoms with E-state index in [-0.39, 0.29) is 18.1 Å². The van der Waals surface area contributed by atoms with Crippen molar-refractivity contribution in [3.8, 4) is 0 Å². The maximum atomic E-state index is 14.1. The Morgan fingerprint density at radius 2 is 2.03 bits per heavy atom. The molecule has 7 nitrogen and oxygen atoms in total. The van der Waals surface area contributed by atoms with Crippen LogP contribution in [0, 0.1) is 17.6 Å². The first-order valence-corrected chi connectivity index (χ1v) is 9.95. The number of nitrogens with zero attached hydrogens (tertiary/aromatic N) is 4. The summed E-state index contributed by atoms with van der Waals surface area (Å²) in [7, 11) is 3.40. The van der Waals surface area contributed by atoms with E-state index >= 15 is 0 Å². The average molecular weight is 409 g/mol. The normalized spacial score (nSPS) is 20.1. The molecule has 2 saturated heterocycles. The summed E-state index contributed by atoms with van der Waals surface area (Å²) in [6, 6.07) is 3.51. The quantitative estimate of drug-likeness (QED) is 0.584. The SMILES string of the molecule is CN(C)C(=O)CN=C(NCC1CCOC1)N1CCN(c2cc(F)ccc2F)CC1. The fourth-order valence-electron chi connectivity index (χ4n) is 3.42. The topological polar surface area (TPSA) is 60.4 Å². The molecule has 0 aliphatic carbocycles. The molecule has 1 N–H and O–H groups in total. The smallest absolute Gasteiger partial charge is 0.243 e. The number of guanidine groups is 1. The van der Waals surface area contributed by atoms with Gasteiger partial charge >= 0.3 is 0 Å². The number of aliphatic imine (C=N–C) groups is 1. The molecule has 0 saturated carbocycles. The summed E-state index contributed by atoms with van der Waals surface area (Å²) in [5, 5.41) is 3.37. The Bertz CT molecular complexity index is 730. The molecule has 29 heavy (non-hydrogen) atoms. The first-order chi connectivity index (χ1) is 13.9. The van der Waals surface area contributed by atoms with Crippen LogP contribution >= 0.6 is 0 Å². The molecule has 160 valence electrons. The van der Waals surface area contributed by atoms with Crippen molar-refractivity contribution in [2.75, 3.05) is 71.5 Å². The lowest BCUT2D eigenvalue weighted by Crippen LogP contribution is -2.53. The van der Waals surface area contributed by atoms with Gasteiger partial charge in [-0.25, -0.2) is 13.8 Å². The summed E-state index contributed by atoms with van der Waals surface area (Å²) in [4.78, 5) is 21.9. The third-order valence-corrected chi connectivity index (χ3v) is 5.26. The van der Waals surface area contributed by atoms with Gasteiger partial charge in [-0.05, 0) is 18.6 Å². The van der Waals surface area contributed by atoms with Crippen molar-refractivity contribution in [3.63, 3.8) is 0 Å². The Labute approximate surface area is 170 Å². The summed E-state index contributed by atoms with van der Waals surface area (Å²) in [5.41, 5.74) is 0.280. The maximum Gasteiger partial charge on any atom is 0.243 e. The van der Waals surface area contributed by atoms with Crippen LogP contribution in [0.25, 0.3) is 0 Å². The fraction of sp³-hybridized carbons (Fsp3) is 0.600. The molecule has 0 spiro atoms. The number of carbonyl (C=O) groups excluding carboxylic acids is 1. The second-order valence-electron chi connectivity index (χ2n) is 7.61. The Kier molecular flexibility index (Phi) is 7.24. The molecule has 1 unspecified atom stereocenters. The molecule has 2 aliphatic rings. The Morgan fingerprint density at radius 3 is 2.69 bits per heavy atom. The van der Waals surface area contributed by atoms with Gasteiger partial charge in [0.25, 0.3) is 0 Å². The van der Waals surface area contributed by atoms with Gasteiger partial charge in [-0.15, -0.1) is 0 Å². The number of rotatable bonds is 5. The Balaban J connectivity index is 1.63. The van der Waals surface area contributed by atoms with Gasteiger partial charge in [0.2, 0.25) is 5.91 Å².